The number of aromatic nitrogens is 2. The van der Waals surface area contributed by atoms with Gasteiger partial charge in [-0.2, -0.15) is 5.10 Å². The van der Waals surface area contributed by atoms with Gasteiger partial charge in [0.1, 0.15) is 5.69 Å². The number of ketones is 1. The highest BCUT2D eigenvalue weighted by atomic mass is 16.1. The third-order valence-corrected chi connectivity index (χ3v) is 2.22. The molecule has 1 rings (SSSR count). The molecule has 1 aromatic rings. The Morgan fingerprint density at radius 1 is 1.53 bits per heavy atom. The van der Waals surface area contributed by atoms with Crippen LogP contribution < -0.4 is 0 Å². The number of hydrogen-bond donors (Lipinski definition) is 0. The Morgan fingerprint density at radius 3 is 2.87 bits per heavy atom. The Morgan fingerprint density at radius 2 is 2.27 bits per heavy atom. The standard InChI is InChI=1S/C11H19N3O/c1-4-8-14-10(5-7-12-14)11(15)6-9-13(2)3/h5,7H,4,6,8-9H2,1-3H3. The van der Waals surface area contributed by atoms with Crippen molar-refractivity contribution in [2.24, 2.45) is 0 Å². The van der Waals surface area contributed by atoms with Crippen LogP contribution in [-0.4, -0.2) is 41.1 Å². The first-order chi connectivity index (χ1) is 7.15. The SMILES string of the molecule is CCCn1nccc1C(=O)CCN(C)C. The second-order valence-electron chi connectivity index (χ2n) is 3.92. The van der Waals surface area contributed by atoms with Crippen molar-refractivity contribution in [2.75, 3.05) is 20.6 Å². The molecule has 0 saturated carbocycles. The molecule has 0 bridgehead atoms. The van der Waals surface area contributed by atoms with Crippen LogP contribution in [0, 0.1) is 0 Å². The van der Waals surface area contributed by atoms with Crippen molar-refractivity contribution >= 4 is 5.78 Å². The molecular formula is C11H19N3O. The molecule has 1 aromatic heterocycles. The largest absolute Gasteiger partial charge is 0.309 e. The van der Waals surface area contributed by atoms with Gasteiger partial charge in [-0.15, -0.1) is 0 Å². The second-order valence-corrected chi connectivity index (χ2v) is 3.92. The minimum Gasteiger partial charge on any atom is -0.309 e. The van der Waals surface area contributed by atoms with Crippen LogP contribution in [0.1, 0.15) is 30.3 Å². The highest BCUT2D eigenvalue weighted by Gasteiger charge is 2.11. The van der Waals surface area contributed by atoms with E-state index in [0.717, 1.165) is 25.2 Å². The van der Waals surface area contributed by atoms with Gasteiger partial charge in [0, 0.05) is 25.7 Å². The van der Waals surface area contributed by atoms with Gasteiger partial charge < -0.3 is 4.90 Å². The fourth-order valence-electron chi connectivity index (χ4n) is 1.41. The number of nitrogens with zero attached hydrogens (tertiary/aromatic N) is 3. The maximum absolute atomic E-state index is 11.8. The zero-order valence-corrected chi connectivity index (χ0v) is 9.73. The lowest BCUT2D eigenvalue weighted by molar-refractivity contribution is 0.0962. The summed E-state index contributed by atoms with van der Waals surface area (Å²) in [6.07, 6.45) is 3.25. The number of Topliss-reactive ketones (excluding diaryl/α,β-unsaturated/α-hetero) is 1. The van der Waals surface area contributed by atoms with Gasteiger partial charge in [-0.25, -0.2) is 0 Å². The Kier molecular flexibility index (Phi) is 4.49. The minimum absolute atomic E-state index is 0.176. The lowest BCUT2D eigenvalue weighted by Crippen LogP contribution is -2.18. The van der Waals surface area contributed by atoms with Gasteiger partial charge in [-0.05, 0) is 26.6 Å². The molecule has 1 heterocycles. The van der Waals surface area contributed by atoms with E-state index in [9.17, 15) is 4.79 Å². The lowest BCUT2D eigenvalue weighted by atomic mass is 10.2. The van der Waals surface area contributed by atoms with Crippen molar-refractivity contribution in [2.45, 2.75) is 26.3 Å². The van der Waals surface area contributed by atoms with Crippen LogP contribution in [0.2, 0.25) is 0 Å². The second kappa shape index (κ2) is 5.66. The maximum atomic E-state index is 11.8. The molecule has 0 spiro atoms. The molecular weight excluding hydrogens is 190 g/mol. The maximum Gasteiger partial charge on any atom is 0.182 e. The molecule has 84 valence electrons. The molecule has 0 amide bonds. The molecule has 4 heteroatoms. The number of rotatable bonds is 6. The van der Waals surface area contributed by atoms with Crippen LogP contribution >= 0.6 is 0 Å². The fourth-order valence-corrected chi connectivity index (χ4v) is 1.41. The van der Waals surface area contributed by atoms with Gasteiger partial charge in [-0.1, -0.05) is 6.92 Å². The number of carbonyl (C=O) groups excluding carboxylic acids is 1. The molecule has 0 radical (unpaired) electrons. The molecule has 4 nitrogen and oxygen atoms in total. The number of carbonyl (C=O) groups is 1. The summed E-state index contributed by atoms with van der Waals surface area (Å²) in [5.41, 5.74) is 0.735. The normalized spacial score (nSPS) is 10.9. The van der Waals surface area contributed by atoms with Gasteiger partial charge >= 0.3 is 0 Å². The average Bonchev–Trinajstić information content (AvgIpc) is 2.63. The van der Waals surface area contributed by atoms with Gasteiger partial charge in [0.2, 0.25) is 0 Å². The Balaban J connectivity index is 2.60. The molecule has 0 fully saturated rings. The van der Waals surface area contributed by atoms with Crippen molar-refractivity contribution < 1.29 is 4.79 Å². The Hall–Kier alpha value is -1.16. The molecule has 15 heavy (non-hydrogen) atoms. The minimum atomic E-state index is 0.176. The van der Waals surface area contributed by atoms with E-state index in [1.165, 1.54) is 0 Å². The van der Waals surface area contributed by atoms with E-state index in [4.69, 9.17) is 0 Å². The van der Waals surface area contributed by atoms with Crippen molar-refractivity contribution in [3.63, 3.8) is 0 Å². The summed E-state index contributed by atoms with van der Waals surface area (Å²) in [5, 5.41) is 4.14. The Bertz CT molecular complexity index is 317. The lowest BCUT2D eigenvalue weighted by Gasteiger charge is -2.09. The van der Waals surface area contributed by atoms with Crippen LogP contribution in [0.5, 0.6) is 0 Å². The van der Waals surface area contributed by atoms with Crippen LogP contribution in [0.25, 0.3) is 0 Å². The molecule has 0 aliphatic carbocycles. The number of aryl methyl sites for hydroxylation is 1. The van der Waals surface area contributed by atoms with Gasteiger partial charge in [-0.3, -0.25) is 9.48 Å². The van der Waals surface area contributed by atoms with Crippen molar-refractivity contribution in [1.29, 1.82) is 0 Å². The molecule has 0 aliphatic heterocycles. The van der Waals surface area contributed by atoms with Crippen molar-refractivity contribution in [1.82, 2.24) is 14.7 Å². The summed E-state index contributed by atoms with van der Waals surface area (Å²) in [6.45, 7) is 3.68. The summed E-state index contributed by atoms with van der Waals surface area (Å²) in [7, 11) is 3.94. The van der Waals surface area contributed by atoms with E-state index in [1.54, 1.807) is 16.9 Å². The summed E-state index contributed by atoms with van der Waals surface area (Å²) < 4.78 is 1.79. The van der Waals surface area contributed by atoms with E-state index < -0.39 is 0 Å². The van der Waals surface area contributed by atoms with E-state index in [0.29, 0.717) is 6.42 Å². The van der Waals surface area contributed by atoms with Gasteiger partial charge in [0.15, 0.2) is 5.78 Å². The first-order valence-corrected chi connectivity index (χ1v) is 5.35. The third-order valence-electron chi connectivity index (χ3n) is 2.22. The van der Waals surface area contributed by atoms with Gasteiger partial charge in [0.25, 0.3) is 0 Å². The zero-order chi connectivity index (χ0) is 11.3. The summed E-state index contributed by atoms with van der Waals surface area (Å²) in [5.74, 6) is 0.176. The van der Waals surface area contributed by atoms with E-state index in [2.05, 4.69) is 12.0 Å². The summed E-state index contributed by atoms with van der Waals surface area (Å²) >= 11 is 0. The third kappa shape index (κ3) is 3.47. The first kappa shape index (κ1) is 11.9. The zero-order valence-electron chi connectivity index (χ0n) is 9.73. The molecule has 0 N–H and O–H groups in total. The quantitative estimate of drug-likeness (QED) is 0.665. The van der Waals surface area contributed by atoms with Crippen molar-refractivity contribution in [3.05, 3.63) is 18.0 Å². The van der Waals surface area contributed by atoms with Crippen molar-refractivity contribution in [3.8, 4) is 0 Å². The molecule has 0 saturated heterocycles. The van der Waals surface area contributed by atoms with E-state index in [-0.39, 0.29) is 5.78 Å². The first-order valence-electron chi connectivity index (χ1n) is 5.35. The highest BCUT2D eigenvalue weighted by Crippen LogP contribution is 2.04. The molecule has 0 aliphatic rings. The van der Waals surface area contributed by atoms with Crippen LogP contribution in [0.4, 0.5) is 0 Å². The van der Waals surface area contributed by atoms with E-state index >= 15 is 0 Å². The average molecular weight is 209 g/mol. The highest BCUT2D eigenvalue weighted by molar-refractivity contribution is 5.94. The molecule has 0 aromatic carbocycles. The number of hydrogen-bond acceptors (Lipinski definition) is 3. The van der Waals surface area contributed by atoms with E-state index in [1.807, 2.05) is 19.0 Å². The molecule has 0 atom stereocenters. The Labute approximate surface area is 90.9 Å². The van der Waals surface area contributed by atoms with Gasteiger partial charge in [0.05, 0.1) is 0 Å². The topological polar surface area (TPSA) is 38.1 Å². The van der Waals surface area contributed by atoms with Crippen LogP contribution in [-0.2, 0) is 6.54 Å². The molecule has 0 unspecified atom stereocenters. The smallest absolute Gasteiger partial charge is 0.182 e. The summed E-state index contributed by atoms with van der Waals surface area (Å²) in [6, 6.07) is 1.80. The predicted octanol–water partition coefficient (Wildman–Crippen LogP) is 1.43. The fraction of sp³-hybridized carbons (Fsp3) is 0.636. The summed E-state index contributed by atoms with van der Waals surface area (Å²) in [4.78, 5) is 13.8. The monoisotopic (exact) mass is 209 g/mol. The van der Waals surface area contributed by atoms with Crippen LogP contribution in [0.15, 0.2) is 12.3 Å². The predicted molar refractivity (Wildman–Crippen MR) is 60.0 cm³/mol. The van der Waals surface area contributed by atoms with Crippen LogP contribution in [0.3, 0.4) is 0 Å².